The SMILES string of the molecule is CO[C@H]1[C@H](N)C12CCCC2. The molecule has 2 rings (SSSR count). The largest absolute Gasteiger partial charge is 0.379 e. The molecule has 2 saturated carbocycles. The van der Waals surface area contributed by atoms with Crippen molar-refractivity contribution in [3.05, 3.63) is 0 Å². The zero-order chi connectivity index (χ0) is 7.19. The Kier molecular flexibility index (Phi) is 1.29. The number of ether oxygens (including phenoxy) is 1. The maximum absolute atomic E-state index is 5.89. The third-order valence-electron chi connectivity index (χ3n) is 3.24. The number of hydrogen-bond acceptors (Lipinski definition) is 2. The average Bonchev–Trinajstić information content (AvgIpc) is 2.31. The van der Waals surface area contributed by atoms with Crippen molar-refractivity contribution in [2.24, 2.45) is 11.1 Å². The summed E-state index contributed by atoms with van der Waals surface area (Å²) in [6.45, 7) is 0. The Morgan fingerprint density at radius 2 is 2.00 bits per heavy atom. The van der Waals surface area contributed by atoms with Crippen molar-refractivity contribution < 1.29 is 4.74 Å². The molecule has 2 aliphatic carbocycles. The molecule has 0 saturated heterocycles. The highest BCUT2D eigenvalue weighted by atomic mass is 16.5. The minimum atomic E-state index is 0.347. The van der Waals surface area contributed by atoms with E-state index in [0.717, 1.165) is 0 Å². The van der Waals surface area contributed by atoms with Crippen LogP contribution in [0.25, 0.3) is 0 Å². The van der Waals surface area contributed by atoms with Crippen LogP contribution in [0.3, 0.4) is 0 Å². The van der Waals surface area contributed by atoms with Crippen molar-refractivity contribution in [3.63, 3.8) is 0 Å². The predicted molar refractivity (Wildman–Crippen MR) is 39.7 cm³/mol. The van der Waals surface area contributed by atoms with Gasteiger partial charge < -0.3 is 10.5 Å². The van der Waals surface area contributed by atoms with Crippen molar-refractivity contribution in [3.8, 4) is 0 Å². The third-order valence-corrected chi connectivity index (χ3v) is 3.24. The number of nitrogens with two attached hydrogens (primary N) is 1. The van der Waals surface area contributed by atoms with Gasteiger partial charge in [0.15, 0.2) is 0 Å². The van der Waals surface area contributed by atoms with Gasteiger partial charge >= 0.3 is 0 Å². The van der Waals surface area contributed by atoms with E-state index in [1.54, 1.807) is 7.11 Å². The molecule has 2 nitrogen and oxygen atoms in total. The Labute approximate surface area is 61.7 Å². The topological polar surface area (TPSA) is 35.2 Å². The van der Waals surface area contributed by atoms with Crippen LogP contribution in [0.2, 0.25) is 0 Å². The molecule has 0 aromatic carbocycles. The summed E-state index contributed by atoms with van der Waals surface area (Å²) in [7, 11) is 1.78. The zero-order valence-electron chi connectivity index (χ0n) is 6.47. The van der Waals surface area contributed by atoms with E-state index in [1.165, 1.54) is 25.7 Å². The van der Waals surface area contributed by atoms with Crippen LogP contribution in [0.4, 0.5) is 0 Å². The van der Waals surface area contributed by atoms with Crippen molar-refractivity contribution in [2.75, 3.05) is 7.11 Å². The van der Waals surface area contributed by atoms with Crippen molar-refractivity contribution >= 4 is 0 Å². The van der Waals surface area contributed by atoms with Crippen molar-refractivity contribution in [1.82, 2.24) is 0 Å². The van der Waals surface area contributed by atoms with E-state index < -0.39 is 0 Å². The average molecular weight is 141 g/mol. The molecular formula is C8H15NO. The van der Waals surface area contributed by atoms with Gasteiger partial charge in [0.2, 0.25) is 0 Å². The van der Waals surface area contributed by atoms with Gasteiger partial charge in [-0.2, -0.15) is 0 Å². The van der Waals surface area contributed by atoms with Crippen LogP contribution in [0.5, 0.6) is 0 Å². The van der Waals surface area contributed by atoms with E-state index in [0.29, 0.717) is 17.6 Å². The van der Waals surface area contributed by atoms with E-state index in [9.17, 15) is 0 Å². The normalized spacial score (nSPS) is 42.6. The molecule has 0 aliphatic heterocycles. The summed E-state index contributed by atoms with van der Waals surface area (Å²) in [6.07, 6.45) is 5.69. The van der Waals surface area contributed by atoms with Gasteiger partial charge in [-0.3, -0.25) is 0 Å². The molecule has 0 bridgehead atoms. The summed E-state index contributed by atoms with van der Waals surface area (Å²) in [5, 5.41) is 0. The summed E-state index contributed by atoms with van der Waals surface area (Å²) in [6, 6.07) is 0.347. The second-order valence-electron chi connectivity index (χ2n) is 3.62. The molecule has 0 heterocycles. The fraction of sp³-hybridized carbons (Fsp3) is 1.00. The molecule has 2 fully saturated rings. The van der Waals surface area contributed by atoms with E-state index in [1.807, 2.05) is 0 Å². The van der Waals surface area contributed by atoms with Gasteiger partial charge in [-0.05, 0) is 12.8 Å². The summed E-state index contributed by atoms with van der Waals surface area (Å²) in [5.74, 6) is 0. The van der Waals surface area contributed by atoms with Gasteiger partial charge in [0.25, 0.3) is 0 Å². The van der Waals surface area contributed by atoms with Gasteiger partial charge in [-0.15, -0.1) is 0 Å². The van der Waals surface area contributed by atoms with Crippen LogP contribution in [-0.4, -0.2) is 19.3 Å². The minimum Gasteiger partial charge on any atom is -0.379 e. The van der Waals surface area contributed by atoms with Crippen molar-refractivity contribution in [1.29, 1.82) is 0 Å². The van der Waals surface area contributed by atoms with E-state index >= 15 is 0 Å². The first-order valence-electron chi connectivity index (χ1n) is 4.10. The van der Waals surface area contributed by atoms with Gasteiger partial charge in [0.1, 0.15) is 0 Å². The Bertz CT molecular complexity index is 140. The summed E-state index contributed by atoms with van der Waals surface area (Å²) in [4.78, 5) is 0. The van der Waals surface area contributed by atoms with Gasteiger partial charge in [-0.1, -0.05) is 12.8 Å². The number of hydrogen-bond donors (Lipinski definition) is 1. The van der Waals surface area contributed by atoms with E-state index in [4.69, 9.17) is 10.5 Å². The Morgan fingerprint density at radius 3 is 2.40 bits per heavy atom. The molecule has 0 aromatic rings. The molecule has 0 amide bonds. The lowest BCUT2D eigenvalue weighted by atomic mass is 10.1. The highest BCUT2D eigenvalue weighted by Crippen LogP contribution is 2.58. The molecule has 0 radical (unpaired) electrons. The van der Waals surface area contributed by atoms with Gasteiger partial charge in [0.05, 0.1) is 6.10 Å². The minimum absolute atomic E-state index is 0.347. The first-order valence-corrected chi connectivity index (χ1v) is 4.10. The molecule has 2 heteroatoms. The highest BCUT2D eigenvalue weighted by molar-refractivity contribution is 5.17. The van der Waals surface area contributed by atoms with Crippen LogP contribution >= 0.6 is 0 Å². The second kappa shape index (κ2) is 1.95. The first-order chi connectivity index (χ1) is 4.81. The maximum Gasteiger partial charge on any atom is 0.0800 e. The monoisotopic (exact) mass is 141 g/mol. The molecule has 58 valence electrons. The quantitative estimate of drug-likeness (QED) is 0.589. The Morgan fingerprint density at radius 1 is 1.40 bits per heavy atom. The maximum atomic E-state index is 5.89. The molecule has 0 aromatic heterocycles. The van der Waals surface area contributed by atoms with E-state index in [2.05, 4.69) is 0 Å². The molecule has 2 atom stereocenters. The predicted octanol–water partition coefficient (Wildman–Crippen LogP) is 0.903. The molecule has 10 heavy (non-hydrogen) atoms. The van der Waals surface area contributed by atoms with E-state index in [-0.39, 0.29) is 0 Å². The van der Waals surface area contributed by atoms with Crippen LogP contribution in [-0.2, 0) is 4.74 Å². The molecule has 0 unspecified atom stereocenters. The number of methoxy groups -OCH3 is 1. The molecule has 2 N–H and O–H groups in total. The smallest absolute Gasteiger partial charge is 0.0800 e. The fourth-order valence-corrected chi connectivity index (χ4v) is 2.52. The fourth-order valence-electron chi connectivity index (χ4n) is 2.52. The van der Waals surface area contributed by atoms with Gasteiger partial charge in [0, 0.05) is 18.6 Å². The lowest BCUT2D eigenvalue weighted by molar-refractivity contribution is 0.143. The van der Waals surface area contributed by atoms with Crippen LogP contribution < -0.4 is 5.73 Å². The summed E-state index contributed by atoms with van der Waals surface area (Å²) < 4.78 is 5.29. The third kappa shape index (κ3) is 0.611. The summed E-state index contributed by atoms with van der Waals surface area (Å²) >= 11 is 0. The number of rotatable bonds is 1. The lowest BCUT2D eigenvalue weighted by Gasteiger charge is -2.04. The molecule has 2 aliphatic rings. The summed E-state index contributed by atoms with van der Waals surface area (Å²) in [5.41, 5.74) is 6.32. The van der Waals surface area contributed by atoms with Crippen LogP contribution in [0.15, 0.2) is 0 Å². The molecule has 1 spiro atoms. The standard InChI is InChI=1S/C8H15NO/c1-10-7-6(9)8(7)4-2-3-5-8/h6-7H,2-5,9H2,1H3/t6-,7-/m0/s1. The van der Waals surface area contributed by atoms with Crippen molar-refractivity contribution in [2.45, 2.75) is 37.8 Å². The Hall–Kier alpha value is -0.0800. The zero-order valence-corrected chi connectivity index (χ0v) is 6.47. The van der Waals surface area contributed by atoms with Crippen LogP contribution in [0, 0.1) is 5.41 Å². The van der Waals surface area contributed by atoms with Gasteiger partial charge in [-0.25, -0.2) is 0 Å². The first kappa shape index (κ1) is 6.62. The molecular weight excluding hydrogens is 126 g/mol. The second-order valence-corrected chi connectivity index (χ2v) is 3.62. The highest BCUT2D eigenvalue weighted by Gasteiger charge is 2.63. The Balaban J connectivity index is 2.05. The lowest BCUT2D eigenvalue weighted by Crippen LogP contribution is -2.09. The van der Waals surface area contributed by atoms with Crippen LogP contribution in [0.1, 0.15) is 25.7 Å².